The summed E-state index contributed by atoms with van der Waals surface area (Å²) >= 11 is 11.8. The van der Waals surface area contributed by atoms with Crippen LogP contribution >= 0.6 is 23.2 Å². The van der Waals surface area contributed by atoms with E-state index in [9.17, 15) is 14.9 Å². The van der Waals surface area contributed by atoms with Crippen molar-refractivity contribution in [2.24, 2.45) is 0 Å². The summed E-state index contributed by atoms with van der Waals surface area (Å²) in [5.41, 5.74) is 0.950. The number of hydrogen-bond acceptors (Lipinski definition) is 5. The van der Waals surface area contributed by atoms with Crippen LogP contribution in [0.3, 0.4) is 0 Å². The number of rotatable bonds is 4. The summed E-state index contributed by atoms with van der Waals surface area (Å²) in [4.78, 5) is 22.7. The zero-order valence-corrected chi connectivity index (χ0v) is 13.5. The Hall–Kier alpha value is -2.57. The third kappa shape index (κ3) is 3.20. The summed E-state index contributed by atoms with van der Waals surface area (Å²) in [5, 5.41) is 15.0. The van der Waals surface area contributed by atoms with Gasteiger partial charge in [0.05, 0.1) is 16.7 Å². The van der Waals surface area contributed by atoms with Crippen molar-refractivity contribution in [3.8, 4) is 0 Å². The van der Waals surface area contributed by atoms with E-state index in [1.807, 2.05) is 0 Å². The fraction of sp³-hybridized carbons (Fsp3) is 0.0625. The molecule has 8 heteroatoms. The number of nitrogens with one attached hydrogen (secondary N) is 1. The van der Waals surface area contributed by atoms with Crippen LogP contribution in [0.15, 0.2) is 54.4 Å². The van der Waals surface area contributed by atoms with Gasteiger partial charge < -0.3 is 10.1 Å². The third-order valence-corrected chi connectivity index (χ3v) is 3.85. The van der Waals surface area contributed by atoms with Crippen LogP contribution < -0.4 is 5.32 Å². The van der Waals surface area contributed by atoms with Crippen molar-refractivity contribution in [1.29, 1.82) is 0 Å². The molecule has 1 atom stereocenters. The van der Waals surface area contributed by atoms with Crippen LogP contribution in [-0.2, 0) is 4.74 Å². The molecule has 0 saturated heterocycles. The van der Waals surface area contributed by atoms with Gasteiger partial charge in [-0.15, -0.1) is 0 Å². The van der Waals surface area contributed by atoms with Gasteiger partial charge in [0.2, 0.25) is 6.10 Å². The van der Waals surface area contributed by atoms with Crippen molar-refractivity contribution < 1.29 is 14.5 Å². The van der Waals surface area contributed by atoms with Crippen LogP contribution in [0.1, 0.15) is 22.0 Å². The van der Waals surface area contributed by atoms with E-state index in [0.717, 1.165) is 0 Å². The van der Waals surface area contributed by atoms with E-state index in [-0.39, 0.29) is 5.70 Å². The van der Waals surface area contributed by atoms with E-state index in [1.165, 1.54) is 6.20 Å². The number of fused-ring (bicyclic) bond motifs is 1. The van der Waals surface area contributed by atoms with Gasteiger partial charge in [-0.3, -0.25) is 10.1 Å². The summed E-state index contributed by atoms with van der Waals surface area (Å²) in [6, 6.07) is 11.2. The number of ether oxygens (including phenoxy) is 1. The lowest BCUT2D eigenvalue weighted by Gasteiger charge is -2.09. The van der Waals surface area contributed by atoms with Crippen molar-refractivity contribution in [1.82, 2.24) is 0 Å². The molecule has 1 aliphatic rings. The summed E-state index contributed by atoms with van der Waals surface area (Å²) in [7, 11) is 0. The van der Waals surface area contributed by atoms with Crippen molar-refractivity contribution in [3.05, 3.63) is 85.6 Å². The Morgan fingerprint density at radius 1 is 1.21 bits per heavy atom. The molecule has 2 aromatic carbocycles. The van der Waals surface area contributed by atoms with Gasteiger partial charge in [0.15, 0.2) is 0 Å². The number of nitro groups is 1. The molecule has 0 saturated carbocycles. The minimum absolute atomic E-state index is 0.301. The van der Waals surface area contributed by atoms with Crippen LogP contribution in [0.5, 0.6) is 0 Å². The van der Waals surface area contributed by atoms with E-state index in [2.05, 4.69) is 5.32 Å². The fourth-order valence-electron chi connectivity index (χ4n) is 2.38. The molecular weight excluding hydrogens is 355 g/mol. The number of carbonyl (C=O) groups excluding carboxylic acids is 1. The van der Waals surface area contributed by atoms with Gasteiger partial charge >= 0.3 is 11.7 Å². The Morgan fingerprint density at radius 3 is 2.54 bits per heavy atom. The van der Waals surface area contributed by atoms with Crippen LogP contribution in [0, 0.1) is 10.1 Å². The molecule has 0 aromatic heterocycles. The summed E-state index contributed by atoms with van der Waals surface area (Å²) in [6.07, 6.45) is 0.0908. The van der Waals surface area contributed by atoms with Crippen molar-refractivity contribution >= 4 is 34.9 Å². The number of carbonyl (C=O) groups is 1. The Balaban J connectivity index is 1.94. The average molecular weight is 365 g/mol. The summed E-state index contributed by atoms with van der Waals surface area (Å²) in [5.74, 6) is -0.589. The molecule has 122 valence electrons. The highest BCUT2D eigenvalue weighted by Gasteiger charge is 2.39. The van der Waals surface area contributed by atoms with Gasteiger partial charge in [0, 0.05) is 21.3 Å². The van der Waals surface area contributed by atoms with Gasteiger partial charge in [0.1, 0.15) is 0 Å². The molecule has 1 aliphatic heterocycles. The highest BCUT2D eigenvalue weighted by Crippen LogP contribution is 2.36. The molecule has 0 spiro atoms. The molecule has 0 fully saturated rings. The number of benzene rings is 2. The predicted molar refractivity (Wildman–Crippen MR) is 89.8 cm³/mol. The lowest BCUT2D eigenvalue weighted by molar-refractivity contribution is -0.436. The molecule has 6 nitrogen and oxygen atoms in total. The molecule has 24 heavy (non-hydrogen) atoms. The van der Waals surface area contributed by atoms with Gasteiger partial charge in [-0.05, 0) is 24.3 Å². The van der Waals surface area contributed by atoms with Crippen LogP contribution in [-0.4, -0.2) is 10.9 Å². The molecule has 0 bridgehead atoms. The lowest BCUT2D eigenvalue weighted by atomic mass is 10.0. The Kier molecular flexibility index (Phi) is 4.42. The minimum Gasteiger partial charge on any atom is -0.442 e. The zero-order valence-electron chi connectivity index (χ0n) is 12.0. The van der Waals surface area contributed by atoms with E-state index >= 15 is 0 Å². The van der Waals surface area contributed by atoms with E-state index in [1.54, 1.807) is 42.5 Å². The molecule has 1 N–H and O–H groups in total. The van der Waals surface area contributed by atoms with Crippen LogP contribution in [0.25, 0.3) is 0 Å². The number of nitrogens with zero attached hydrogens (tertiary/aromatic N) is 1. The number of halogens is 2. The lowest BCUT2D eigenvalue weighted by Crippen LogP contribution is -2.12. The second kappa shape index (κ2) is 6.51. The van der Waals surface area contributed by atoms with Gasteiger partial charge in [0.25, 0.3) is 0 Å². The fourth-order valence-corrected chi connectivity index (χ4v) is 2.91. The Bertz CT molecular complexity index is 847. The highest BCUT2D eigenvalue weighted by molar-refractivity contribution is 6.35. The average Bonchev–Trinajstić information content (AvgIpc) is 2.84. The predicted octanol–water partition coefficient (Wildman–Crippen LogP) is 4.44. The maximum absolute atomic E-state index is 11.8. The first kappa shape index (κ1) is 16.3. The van der Waals surface area contributed by atoms with E-state index < -0.39 is 17.0 Å². The van der Waals surface area contributed by atoms with Gasteiger partial charge in [-0.1, -0.05) is 41.4 Å². The molecule has 1 heterocycles. The number of anilines is 1. The number of cyclic esters (lactones) is 1. The Labute approximate surface area is 146 Å². The largest absolute Gasteiger partial charge is 0.442 e. The smallest absolute Gasteiger partial charge is 0.339 e. The second-order valence-electron chi connectivity index (χ2n) is 5.00. The standard InChI is InChI=1S/C16H10Cl2N2O4/c17-9-5-10(18)7-11(6-9)19-8-14(20(22)23)15-12-3-1-2-4-13(12)16(21)24-15/h1-8,15,19H/t15-/m0/s1. The first-order valence-electron chi connectivity index (χ1n) is 6.82. The van der Waals surface area contributed by atoms with Crippen molar-refractivity contribution in [3.63, 3.8) is 0 Å². The molecule has 0 aliphatic carbocycles. The normalized spacial score (nSPS) is 16.5. The molecular formula is C16H10Cl2N2O4. The van der Waals surface area contributed by atoms with Crippen molar-refractivity contribution in [2.75, 3.05) is 5.32 Å². The summed E-state index contributed by atoms with van der Waals surface area (Å²) < 4.78 is 5.15. The molecule has 3 rings (SSSR count). The minimum atomic E-state index is -1.08. The van der Waals surface area contributed by atoms with Gasteiger partial charge in [-0.2, -0.15) is 0 Å². The first-order valence-corrected chi connectivity index (χ1v) is 7.58. The maximum atomic E-state index is 11.8. The number of hydrogen-bond donors (Lipinski definition) is 1. The molecule has 2 aromatic rings. The number of esters is 1. The van der Waals surface area contributed by atoms with Crippen molar-refractivity contribution in [2.45, 2.75) is 6.10 Å². The van der Waals surface area contributed by atoms with Crippen LogP contribution in [0.2, 0.25) is 10.0 Å². The van der Waals surface area contributed by atoms with Gasteiger partial charge in [-0.25, -0.2) is 4.79 Å². The second-order valence-corrected chi connectivity index (χ2v) is 5.87. The SMILES string of the molecule is O=C1O[C@H](C(=CNc2cc(Cl)cc(Cl)c2)[N+](=O)[O-])c2ccccc21. The Morgan fingerprint density at radius 2 is 1.88 bits per heavy atom. The molecule has 0 amide bonds. The first-order chi connectivity index (χ1) is 11.5. The van der Waals surface area contributed by atoms with E-state index in [4.69, 9.17) is 27.9 Å². The monoisotopic (exact) mass is 364 g/mol. The highest BCUT2D eigenvalue weighted by atomic mass is 35.5. The zero-order chi connectivity index (χ0) is 17.3. The maximum Gasteiger partial charge on any atom is 0.339 e. The quantitative estimate of drug-likeness (QED) is 0.492. The van der Waals surface area contributed by atoms with Crippen LogP contribution in [0.4, 0.5) is 5.69 Å². The molecule has 0 radical (unpaired) electrons. The topological polar surface area (TPSA) is 81.5 Å². The van der Waals surface area contributed by atoms with E-state index in [0.29, 0.717) is 26.9 Å². The molecule has 0 unspecified atom stereocenters. The summed E-state index contributed by atoms with van der Waals surface area (Å²) in [6.45, 7) is 0. The third-order valence-electron chi connectivity index (χ3n) is 3.42.